The summed E-state index contributed by atoms with van der Waals surface area (Å²) in [7, 11) is 1.99. The number of rotatable bonds is 11. The van der Waals surface area contributed by atoms with Crippen LogP contribution in [0.1, 0.15) is 78.0 Å². The third-order valence-corrected chi connectivity index (χ3v) is 7.72. The summed E-state index contributed by atoms with van der Waals surface area (Å²) < 4.78 is 7.64. The van der Waals surface area contributed by atoms with Crippen molar-refractivity contribution in [1.29, 1.82) is 0 Å². The summed E-state index contributed by atoms with van der Waals surface area (Å²) >= 11 is 6.33. The lowest BCUT2D eigenvalue weighted by molar-refractivity contribution is -0.144. The first-order chi connectivity index (χ1) is 19.1. The molecule has 0 radical (unpaired) electrons. The normalized spacial score (nSPS) is 12.8. The van der Waals surface area contributed by atoms with E-state index in [1.165, 1.54) is 25.3 Å². The fourth-order valence-electron chi connectivity index (χ4n) is 4.97. The van der Waals surface area contributed by atoms with Gasteiger partial charge in [0.15, 0.2) is 6.10 Å². The van der Waals surface area contributed by atoms with Gasteiger partial charge in [0.05, 0.1) is 6.04 Å². The number of hydrogen-bond donors (Lipinski definition) is 2. The number of fused-ring (bicyclic) bond motifs is 1. The van der Waals surface area contributed by atoms with Crippen LogP contribution in [-0.4, -0.2) is 27.7 Å². The molecular weight excluding hydrogens is 524 g/mol. The van der Waals surface area contributed by atoms with E-state index in [0.717, 1.165) is 39.7 Å². The van der Waals surface area contributed by atoms with Crippen molar-refractivity contribution in [2.45, 2.75) is 65.5 Å². The van der Waals surface area contributed by atoms with Gasteiger partial charge in [0.2, 0.25) is 0 Å². The predicted molar refractivity (Wildman–Crippen MR) is 161 cm³/mol. The molecule has 6 nitrogen and oxygen atoms in total. The minimum Gasteiger partial charge on any atom is -0.479 e. The van der Waals surface area contributed by atoms with E-state index in [9.17, 15) is 14.7 Å². The Morgan fingerprint density at radius 1 is 1.02 bits per heavy atom. The van der Waals surface area contributed by atoms with E-state index < -0.39 is 12.1 Å². The minimum atomic E-state index is -1.04. The van der Waals surface area contributed by atoms with Gasteiger partial charge in [-0.15, -0.1) is 0 Å². The lowest BCUT2D eigenvalue weighted by Crippen LogP contribution is -2.26. The zero-order valence-electron chi connectivity index (χ0n) is 23.8. The number of aryl methyl sites for hydroxylation is 2. The maximum absolute atomic E-state index is 13.2. The molecule has 0 fully saturated rings. The van der Waals surface area contributed by atoms with E-state index in [-0.39, 0.29) is 11.9 Å². The molecule has 0 spiro atoms. The molecule has 1 aromatic heterocycles. The highest BCUT2D eigenvalue weighted by molar-refractivity contribution is 6.30. The number of carbonyl (C=O) groups excluding carboxylic acids is 1. The number of nitrogens with zero attached hydrogens (tertiary/aromatic N) is 1. The van der Waals surface area contributed by atoms with Crippen LogP contribution in [0, 0.1) is 6.92 Å². The number of nitrogens with one attached hydrogen (secondary N) is 1. The molecule has 40 heavy (non-hydrogen) atoms. The van der Waals surface area contributed by atoms with Crippen LogP contribution in [-0.2, 0) is 24.7 Å². The quantitative estimate of drug-likeness (QED) is 0.200. The van der Waals surface area contributed by atoms with Crippen LogP contribution in [0.25, 0.3) is 10.9 Å². The highest BCUT2D eigenvalue weighted by atomic mass is 35.5. The van der Waals surface area contributed by atoms with Crippen molar-refractivity contribution in [2.75, 3.05) is 0 Å². The number of benzene rings is 3. The molecule has 1 amide bonds. The molecule has 2 N–H and O–H groups in total. The van der Waals surface area contributed by atoms with Crippen molar-refractivity contribution in [3.63, 3.8) is 0 Å². The summed E-state index contributed by atoms with van der Waals surface area (Å²) in [5, 5.41) is 13.9. The van der Waals surface area contributed by atoms with E-state index in [2.05, 4.69) is 48.0 Å². The Bertz CT molecular complexity index is 1520. The summed E-state index contributed by atoms with van der Waals surface area (Å²) in [6.45, 7) is 7.73. The van der Waals surface area contributed by atoms with Crippen LogP contribution in [0.5, 0.6) is 5.75 Å². The first-order valence-corrected chi connectivity index (χ1v) is 14.1. The van der Waals surface area contributed by atoms with Crippen molar-refractivity contribution < 1.29 is 19.4 Å². The molecule has 2 atom stereocenters. The highest BCUT2D eigenvalue weighted by Gasteiger charge is 2.18. The van der Waals surface area contributed by atoms with E-state index in [0.29, 0.717) is 22.8 Å². The number of aliphatic carboxylic acids is 1. The van der Waals surface area contributed by atoms with Crippen LogP contribution in [0.3, 0.4) is 0 Å². The second-order valence-corrected chi connectivity index (χ2v) is 10.9. The Hall–Kier alpha value is -3.77. The summed E-state index contributed by atoms with van der Waals surface area (Å²) in [6, 6.07) is 19.5. The predicted octanol–water partition coefficient (Wildman–Crippen LogP) is 7.42. The highest BCUT2D eigenvalue weighted by Crippen LogP contribution is 2.31. The standard InChI is InChI=1S/C33H37ClN2O4/c1-6-7-8-23-9-11-25(12-10-23)20(2)35-32(37)26-13-14-29-30(21(3)36(5)31(29)18-26)17-24-15-27(34)19-28(16-24)40-22(4)33(38)39/h9-16,18-20,22H,6-8,17H2,1-5H3,(H,35,37)(H,38,39)/t20-,22+/m0/s1. The van der Waals surface area contributed by atoms with Crippen molar-refractivity contribution >= 4 is 34.4 Å². The maximum atomic E-state index is 13.2. The SMILES string of the molecule is CCCCc1ccc([C@H](C)NC(=O)c2ccc3c(Cc4cc(Cl)cc(O[C@H](C)C(=O)O)c4)c(C)n(C)c3c2)cc1. The summed E-state index contributed by atoms with van der Waals surface area (Å²) in [5.41, 5.74) is 7.06. The van der Waals surface area contributed by atoms with E-state index in [1.54, 1.807) is 6.07 Å². The molecule has 0 saturated heterocycles. The van der Waals surface area contributed by atoms with E-state index in [4.69, 9.17) is 16.3 Å². The van der Waals surface area contributed by atoms with Crippen LogP contribution in [0.2, 0.25) is 5.02 Å². The Morgan fingerprint density at radius 3 is 2.42 bits per heavy atom. The molecule has 4 aromatic rings. The molecule has 0 bridgehead atoms. The van der Waals surface area contributed by atoms with E-state index >= 15 is 0 Å². The van der Waals surface area contributed by atoms with Crippen LogP contribution in [0.4, 0.5) is 0 Å². The van der Waals surface area contributed by atoms with Gasteiger partial charge in [-0.3, -0.25) is 4.79 Å². The molecule has 0 unspecified atom stereocenters. The third kappa shape index (κ3) is 6.68. The molecule has 7 heteroatoms. The lowest BCUT2D eigenvalue weighted by atomic mass is 10.0. The zero-order chi connectivity index (χ0) is 29.0. The minimum absolute atomic E-state index is 0.114. The number of ether oxygens (including phenoxy) is 1. The van der Waals surface area contributed by atoms with Crippen LogP contribution in [0.15, 0.2) is 60.7 Å². The topological polar surface area (TPSA) is 80.6 Å². The smallest absolute Gasteiger partial charge is 0.344 e. The Balaban J connectivity index is 1.53. The number of carboxylic acids is 1. The van der Waals surface area contributed by atoms with Gasteiger partial charge in [-0.05, 0) is 86.2 Å². The number of carbonyl (C=O) groups is 2. The van der Waals surface area contributed by atoms with E-state index in [1.807, 2.05) is 44.3 Å². The van der Waals surface area contributed by atoms with Gasteiger partial charge in [-0.25, -0.2) is 4.79 Å². The Labute approximate surface area is 240 Å². The lowest BCUT2D eigenvalue weighted by Gasteiger charge is -2.15. The van der Waals surface area contributed by atoms with Gasteiger partial charge in [0, 0.05) is 40.7 Å². The number of amides is 1. The molecule has 0 aliphatic carbocycles. The van der Waals surface area contributed by atoms with Crippen molar-refractivity contribution in [3.05, 3.63) is 99.2 Å². The molecule has 4 rings (SSSR count). The second kappa shape index (κ2) is 12.6. The van der Waals surface area contributed by atoms with Crippen molar-refractivity contribution in [1.82, 2.24) is 9.88 Å². The fraction of sp³-hybridized carbons (Fsp3) is 0.333. The summed E-state index contributed by atoms with van der Waals surface area (Å²) in [5.74, 6) is -0.742. The molecule has 0 aliphatic heterocycles. The van der Waals surface area contributed by atoms with Gasteiger partial charge >= 0.3 is 5.97 Å². The molecule has 3 aromatic carbocycles. The van der Waals surface area contributed by atoms with Gasteiger partial charge in [0.1, 0.15) is 5.75 Å². The molecule has 0 saturated carbocycles. The third-order valence-electron chi connectivity index (χ3n) is 7.51. The molecule has 210 valence electrons. The summed E-state index contributed by atoms with van der Waals surface area (Å²) in [4.78, 5) is 24.4. The maximum Gasteiger partial charge on any atom is 0.344 e. The first-order valence-electron chi connectivity index (χ1n) is 13.7. The Kier molecular flexibility index (Phi) is 9.21. The number of halogens is 1. The average molecular weight is 561 g/mol. The number of hydrogen-bond acceptors (Lipinski definition) is 3. The van der Waals surface area contributed by atoms with Gasteiger partial charge < -0.3 is 19.7 Å². The molecular formula is C33H37ClN2O4. The van der Waals surface area contributed by atoms with Gasteiger partial charge in [0.25, 0.3) is 5.91 Å². The van der Waals surface area contributed by atoms with Crippen LogP contribution < -0.4 is 10.1 Å². The monoisotopic (exact) mass is 560 g/mol. The number of unbranched alkanes of at least 4 members (excludes halogenated alkanes) is 1. The zero-order valence-corrected chi connectivity index (χ0v) is 24.5. The van der Waals surface area contributed by atoms with Gasteiger partial charge in [-0.1, -0.05) is 55.3 Å². The second-order valence-electron chi connectivity index (χ2n) is 10.5. The van der Waals surface area contributed by atoms with Gasteiger partial charge in [-0.2, -0.15) is 0 Å². The van der Waals surface area contributed by atoms with Crippen molar-refractivity contribution in [3.8, 4) is 5.75 Å². The number of carboxylic acid groups (broad SMARTS) is 1. The molecule has 0 aliphatic rings. The average Bonchev–Trinajstić information content (AvgIpc) is 3.15. The first kappa shape index (κ1) is 29.2. The van der Waals surface area contributed by atoms with Crippen LogP contribution >= 0.6 is 11.6 Å². The number of aromatic nitrogens is 1. The largest absolute Gasteiger partial charge is 0.479 e. The Morgan fingerprint density at radius 2 is 1.75 bits per heavy atom. The fourth-order valence-corrected chi connectivity index (χ4v) is 5.22. The molecule has 1 heterocycles. The van der Waals surface area contributed by atoms with Crippen molar-refractivity contribution in [2.24, 2.45) is 7.05 Å². The summed E-state index contributed by atoms with van der Waals surface area (Å²) in [6.07, 6.45) is 3.02.